The zero-order chi connectivity index (χ0) is 27.4. The van der Waals surface area contributed by atoms with Crippen molar-refractivity contribution in [3.05, 3.63) is 53.1 Å². The number of hydrogen-bond donors (Lipinski definition) is 1. The molecular weight excluding hydrogens is 489 g/mol. The molecule has 202 valence electrons. The van der Waals surface area contributed by atoms with Gasteiger partial charge in [0.05, 0.1) is 24.3 Å². The summed E-state index contributed by atoms with van der Waals surface area (Å²) in [6, 6.07) is 11.2. The van der Waals surface area contributed by atoms with E-state index in [0.29, 0.717) is 23.5 Å². The molecule has 0 unspecified atom stereocenters. The van der Waals surface area contributed by atoms with E-state index >= 15 is 4.39 Å². The molecule has 0 aliphatic carbocycles. The second-order valence-electron chi connectivity index (χ2n) is 11.5. The molecular formula is C31H36FN7. The molecule has 2 atom stereocenters. The fourth-order valence-electron chi connectivity index (χ4n) is 6.31. The summed E-state index contributed by atoms with van der Waals surface area (Å²) < 4.78 is 18.9. The van der Waals surface area contributed by atoms with Crippen LogP contribution in [0, 0.1) is 37.9 Å². The number of hydrogen-bond acceptors (Lipinski definition) is 6. The molecule has 2 aromatic heterocycles. The molecule has 4 heterocycles. The zero-order valence-corrected chi connectivity index (χ0v) is 23.4. The molecule has 2 saturated heterocycles. The Labute approximate surface area is 229 Å². The van der Waals surface area contributed by atoms with E-state index in [1.54, 1.807) is 0 Å². The van der Waals surface area contributed by atoms with Gasteiger partial charge in [0, 0.05) is 42.2 Å². The van der Waals surface area contributed by atoms with Crippen molar-refractivity contribution in [3.63, 3.8) is 0 Å². The Balaban J connectivity index is 1.58. The van der Waals surface area contributed by atoms with Crippen LogP contribution in [-0.4, -0.2) is 65.2 Å². The molecule has 2 aliphatic heterocycles. The second kappa shape index (κ2) is 9.89. The van der Waals surface area contributed by atoms with Gasteiger partial charge < -0.3 is 19.7 Å². The van der Waals surface area contributed by atoms with Crippen LogP contribution < -0.4 is 10.2 Å². The highest BCUT2D eigenvalue weighted by atomic mass is 19.1. The lowest BCUT2D eigenvalue weighted by atomic mass is 9.92. The summed E-state index contributed by atoms with van der Waals surface area (Å²) in [5.74, 6) is 0.485. The van der Waals surface area contributed by atoms with Crippen LogP contribution in [0.1, 0.15) is 42.0 Å². The minimum Gasteiger partial charge on any atom is -0.351 e. The number of nitriles is 1. The Morgan fingerprint density at radius 2 is 1.95 bits per heavy atom. The van der Waals surface area contributed by atoms with Crippen LogP contribution in [0.5, 0.6) is 0 Å². The van der Waals surface area contributed by atoms with Gasteiger partial charge in [-0.15, -0.1) is 0 Å². The number of pyridine rings is 1. The summed E-state index contributed by atoms with van der Waals surface area (Å²) >= 11 is 0. The van der Waals surface area contributed by atoms with Gasteiger partial charge in [-0.1, -0.05) is 18.2 Å². The second-order valence-corrected chi connectivity index (χ2v) is 11.5. The lowest BCUT2D eigenvalue weighted by Crippen LogP contribution is -2.57. The number of anilines is 1. The van der Waals surface area contributed by atoms with Crippen LogP contribution in [0.25, 0.3) is 33.1 Å². The van der Waals surface area contributed by atoms with E-state index in [2.05, 4.69) is 65.8 Å². The Hall–Kier alpha value is -3.54. The van der Waals surface area contributed by atoms with Gasteiger partial charge in [-0.2, -0.15) is 5.26 Å². The summed E-state index contributed by atoms with van der Waals surface area (Å²) in [6.45, 7) is 8.62. The number of aryl methyl sites for hydroxylation is 2. The highest BCUT2D eigenvalue weighted by Crippen LogP contribution is 2.41. The smallest absolute Gasteiger partial charge is 0.157 e. The minimum atomic E-state index is -0.271. The predicted molar refractivity (Wildman–Crippen MR) is 155 cm³/mol. The average Bonchev–Trinajstić information content (AvgIpc) is 3.32. The normalized spacial score (nSPS) is 20.1. The molecule has 7 nitrogen and oxygen atoms in total. The van der Waals surface area contributed by atoms with Crippen molar-refractivity contribution in [2.75, 3.05) is 38.6 Å². The molecule has 2 aliphatic rings. The molecule has 0 amide bonds. The number of imidazole rings is 1. The highest BCUT2D eigenvalue weighted by Gasteiger charge is 2.33. The Morgan fingerprint density at radius 3 is 2.69 bits per heavy atom. The molecule has 0 saturated carbocycles. The molecule has 2 fully saturated rings. The van der Waals surface area contributed by atoms with Crippen LogP contribution in [0.4, 0.5) is 10.2 Å². The number of nitrogens with zero attached hydrogens (tertiary/aromatic N) is 6. The third kappa shape index (κ3) is 4.25. The molecule has 8 heteroatoms. The SMILES string of the molecule is Cc1cccc(-c2c(C)cc3c(nc(N4CC(N(C)C)C4)c4ncn([C@H]5CCN[C@H](CC#N)C5)c43)c2F)c1C. The van der Waals surface area contributed by atoms with Crippen LogP contribution >= 0.6 is 0 Å². The van der Waals surface area contributed by atoms with Gasteiger partial charge in [-0.3, -0.25) is 0 Å². The topological polar surface area (TPSA) is 73.0 Å². The highest BCUT2D eigenvalue weighted by molar-refractivity contribution is 6.09. The summed E-state index contributed by atoms with van der Waals surface area (Å²) in [6.07, 6.45) is 4.15. The average molecular weight is 526 g/mol. The molecule has 0 bridgehead atoms. The standard InChI is InChI=1S/C31H36FN7/c1-18-7-6-8-24(20(18)3)26-19(2)13-25-28(27(26)32)36-31(38-15-23(16-38)37(4)5)29-30(25)39(17-35-29)22-10-12-34-21(14-22)9-11-33/h6-8,13,17,21-23,34H,9-10,12,14-16H2,1-5H3/t21-,22+/m1/s1. The lowest BCUT2D eigenvalue weighted by Gasteiger charge is -2.43. The van der Waals surface area contributed by atoms with Crippen molar-refractivity contribution >= 4 is 27.8 Å². The first-order valence-corrected chi connectivity index (χ1v) is 13.9. The predicted octanol–water partition coefficient (Wildman–Crippen LogP) is 5.27. The van der Waals surface area contributed by atoms with E-state index in [0.717, 1.165) is 77.0 Å². The number of nitrogens with one attached hydrogen (secondary N) is 1. The monoisotopic (exact) mass is 525 g/mol. The van der Waals surface area contributed by atoms with Crippen molar-refractivity contribution in [1.29, 1.82) is 5.26 Å². The number of piperidine rings is 1. The molecule has 0 spiro atoms. The number of rotatable bonds is 5. The minimum absolute atomic E-state index is 0.143. The van der Waals surface area contributed by atoms with E-state index in [1.165, 1.54) is 0 Å². The molecule has 4 aromatic rings. The van der Waals surface area contributed by atoms with Crippen LogP contribution in [-0.2, 0) is 0 Å². The van der Waals surface area contributed by atoms with Crippen molar-refractivity contribution in [2.45, 2.75) is 58.2 Å². The fraction of sp³-hybridized carbons (Fsp3) is 0.452. The van der Waals surface area contributed by atoms with Gasteiger partial charge in [0.2, 0.25) is 0 Å². The number of fused-ring (bicyclic) bond motifs is 3. The van der Waals surface area contributed by atoms with Crippen molar-refractivity contribution < 1.29 is 4.39 Å². The number of benzene rings is 2. The maximum Gasteiger partial charge on any atom is 0.157 e. The Kier molecular flexibility index (Phi) is 6.52. The molecule has 0 radical (unpaired) electrons. The lowest BCUT2D eigenvalue weighted by molar-refractivity contribution is 0.246. The maximum atomic E-state index is 16.7. The van der Waals surface area contributed by atoms with Crippen molar-refractivity contribution in [2.24, 2.45) is 0 Å². The van der Waals surface area contributed by atoms with Crippen LogP contribution in [0.3, 0.4) is 0 Å². The summed E-state index contributed by atoms with van der Waals surface area (Å²) in [4.78, 5) is 14.3. The number of likely N-dealkylation sites (N-methyl/N-ethyl adjacent to an activating group) is 1. The van der Waals surface area contributed by atoms with E-state index in [-0.39, 0.29) is 17.9 Å². The third-order valence-corrected chi connectivity index (χ3v) is 8.88. The van der Waals surface area contributed by atoms with Gasteiger partial charge in [0.1, 0.15) is 11.0 Å². The maximum absolute atomic E-state index is 16.7. The quantitative estimate of drug-likeness (QED) is 0.383. The van der Waals surface area contributed by atoms with Crippen molar-refractivity contribution in [1.82, 2.24) is 24.8 Å². The summed E-state index contributed by atoms with van der Waals surface area (Å²) in [5, 5.41) is 13.6. The molecule has 6 rings (SSSR count). The molecule has 39 heavy (non-hydrogen) atoms. The fourth-order valence-corrected chi connectivity index (χ4v) is 6.31. The Morgan fingerprint density at radius 1 is 1.15 bits per heavy atom. The number of halogens is 1. The number of aromatic nitrogens is 3. The summed E-state index contributed by atoms with van der Waals surface area (Å²) in [7, 11) is 4.18. The van der Waals surface area contributed by atoms with Gasteiger partial charge in [-0.25, -0.2) is 14.4 Å². The van der Waals surface area contributed by atoms with Gasteiger partial charge in [0.15, 0.2) is 11.6 Å². The van der Waals surface area contributed by atoms with Crippen LogP contribution in [0.2, 0.25) is 0 Å². The van der Waals surface area contributed by atoms with Gasteiger partial charge in [-0.05, 0) is 82.6 Å². The third-order valence-electron chi connectivity index (χ3n) is 8.88. The first-order chi connectivity index (χ1) is 18.8. The van der Waals surface area contributed by atoms with E-state index in [4.69, 9.17) is 9.97 Å². The van der Waals surface area contributed by atoms with E-state index in [1.807, 2.05) is 25.4 Å². The Bertz CT molecular complexity index is 1610. The summed E-state index contributed by atoms with van der Waals surface area (Å²) in [5.41, 5.74) is 6.82. The van der Waals surface area contributed by atoms with Crippen molar-refractivity contribution in [3.8, 4) is 17.2 Å². The molecule has 1 N–H and O–H groups in total. The first-order valence-electron chi connectivity index (χ1n) is 13.9. The largest absolute Gasteiger partial charge is 0.351 e. The first kappa shape index (κ1) is 25.7. The van der Waals surface area contributed by atoms with Gasteiger partial charge >= 0.3 is 0 Å². The zero-order valence-electron chi connectivity index (χ0n) is 23.4. The van der Waals surface area contributed by atoms with Gasteiger partial charge in [0.25, 0.3) is 0 Å². The van der Waals surface area contributed by atoms with E-state index < -0.39 is 0 Å². The van der Waals surface area contributed by atoms with E-state index in [9.17, 15) is 5.26 Å². The molecule has 2 aromatic carbocycles. The van der Waals surface area contributed by atoms with Crippen LogP contribution in [0.15, 0.2) is 30.6 Å².